The highest BCUT2D eigenvalue weighted by Crippen LogP contribution is 2.34. The number of para-hydroxylation sites is 1. The van der Waals surface area contributed by atoms with Crippen molar-refractivity contribution in [1.29, 1.82) is 0 Å². The molecule has 0 radical (unpaired) electrons. The SMILES string of the molecule is CCCC(C)Nc1cccc(OC)c1[N+](=O)[O-]. The Bertz CT molecular complexity index is 393. The lowest BCUT2D eigenvalue weighted by Crippen LogP contribution is -2.15. The van der Waals surface area contributed by atoms with E-state index in [4.69, 9.17) is 4.74 Å². The summed E-state index contributed by atoms with van der Waals surface area (Å²) >= 11 is 0. The van der Waals surface area contributed by atoms with Crippen LogP contribution in [0.25, 0.3) is 0 Å². The van der Waals surface area contributed by atoms with Crippen LogP contribution in [0.5, 0.6) is 5.75 Å². The van der Waals surface area contributed by atoms with Crippen molar-refractivity contribution >= 4 is 11.4 Å². The number of nitro benzene ring substituents is 1. The molecule has 0 aliphatic rings. The molecule has 5 heteroatoms. The molecule has 94 valence electrons. The molecule has 0 aliphatic heterocycles. The van der Waals surface area contributed by atoms with Gasteiger partial charge in [0.25, 0.3) is 0 Å². The van der Waals surface area contributed by atoms with Crippen molar-refractivity contribution in [3.8, 4) is 5.75 Å². The van der Waals surface area contributed by atoms with Gasteiger partial charge in [-0.15, -0.1) is 0 Å². The smallest absolute Gasteiger partial charge is 0.333 e. The first-order valence-electron chi connectivity index (χ1n) is 5.68. The zero-order chi connectivity index (χ0) is 12.8. The van der Waals surface area contributed by atoms with E-state index in [0.29, 0.717) is 5.69 Å². The maximum Gasteiger partial charge on any atom is 0.333 e. The number of hydrogen-bond donors (Lipinski definition) is 1. The van der Waals surface area contributed by atoms with E-state index in [-0.39, 0.29) is 17.5 Å². The van der Waals surface area contributed by atoms with Crippen LogP contribution in [0.4, 0.5) is 11.4 Å². The van der Waals surface area contributed by atoms with Gasteiger partial charge in [0.05, 0.1) is 12.0 Å². The molecule has 0 saturated heterocycles. The Morgan fingerprint density at radius 2 is 2.24 bits per heavy atom. The summed E-state index contributed by atoms with van der Waals surface area (Å²) in [6.07, 6.45) is 2.00. The monoisotopic (exact) mass is 238 g/mol. The van der Waals surface area contributed by atoms with Crippen molar-refractivity contribution in [3.05, 3.63) is 28.3 Å². The molecule has 0 heterocycles. The van der Waals surface area contributed by atoms with Gasteiger partial charge in [-0.25, -0.2) is 0 Å². The molecule has 5 nitrogen and oxygen atoms in total. The Hall–Kier alpha value is -1.78. The van der Waals surface area contributed by atoms with Crippen molar-refractivity contribution in [3.63, 3.8) is 0 Å². The fourth-order valence-electron chi connectivity index (χ4n) is 1.76. The van der Waals surface area contributed by atoms with Crippen molar-refractivity contribution in [1.82, 2.24) is 0 Å². The number of nitrogens with zero attached hydrogens (tertiary/aromatic N) is 1. The van der Waals surface area contributed by atoms with Gasteiger partial charge in [0, 0.05) is 6.04 Å². The van der Waals surface area contributed by atoms with Crippen molar-refractivity contribution in [2.75, 3.05) is 12.4 Å². The van der Waals surface area contributed by atoms with E-state index in [1.165, 1.54) is 7.11 Å². The van der Waals surface area contributed by atoms with E-state index >= 15 is 0 Å². The number of ether oxygens (including phenoxy) is 1. The third-order valence-corrected chi connectivity index (χ3v) is 2.53. The van der Waals surface area contributed by atoms with Crippen LogP contribution in [0.2, 0.25) is 0 Å². The topological polar surface area (TPSA) is 64.4 Å². The van der Waals surface area contributed by atoms with Crippen LogP contribution in [0.3, 0.4) is 0 Å². The fraction of sp³-hybridized carbons (Fsp3) is 0.500. The number of nitrogens with one attached hydrogen (secondary N) is 1. The third kappa shape index (κ3) is 3.34. The normalized spacial score (nSPS) is 11.9. The second-order valence-corrected chi connectivity index (χ2v) is 3.95. The molecule has 1 aromatic carbocycles. The minimum absolute atomic E-state index is 0.00190. The summed E-state index contributed by atoms with van der Waals surface area (Å²) in [4.78, 5) is 10.6. The van der Waals surface area contributed by atoms with Gasteiger partial charge in [-0.05, 0) is 25.5 Å². The van der Waals surface area contributed by atoms with Crippen LogP contribution in [0, 0.1) is 10.1 Å². The molecule has 0 saturated carbocycles. The van der Waals surface area contributed by atoms with E-state index in [1.54, 1.807) is 18.2 Å². The molecule has 1 aromatic rings. The highest BCUT2D eigenvalue weighted by atomic mass is 16.6. The number of anilines is 1. The minimum Gasteiger partial charge on any atom is -0.490 e. The molecule has 1 unspecified atom stereocenters. The van der Waals surface area contributed by atoms with Crippen LogP contribution < -0.4 is 10.1 Å². The van der Waals surface area contributed by atoms with Crippen molar-refractivity contribution < 1.29 is 9.66 Å². The molecule has 17 heavy (non-hydrogen) atoms. The Labute approximate surface area is 101 Å². The van der Waals surface area contributed by atoms with E-state index in [9.17, 15) is 10.1 Å². The van der Waals surface area contributed by atoms with Gasteiger partial charge in [-0.1, -0.05) is 19.4 Å². The molecular formula is C12H18N2O3. The van der Waals surface area contributed by atoms with Crippen molar-refractivity contribution in [2.24, 2.45) is 0 Å². The molecule has 0 spiro atoms. The number of hydrogen-bond acceptors (Lipinski definition) is 4. The summed E-state index contributed by atoms with van der Waals surface area (Å²) in [7, 11) is 1.43. The third-order valence-electron chi connectivity index (χ3n) is 2.53. The largest absolute Gasteiger partial charge is 0.490 e. The Morgan fingerprint density at radius 3 is 2.76 bits per heavy atom. The summed E-state index contributed by atoms with van der Waals surface area (Å²) in [5, 5.41) is 14.2. The van der Waals surface area contributed by atoms with Crippen LogP contribution >= 0.6 is 0 Å². The summed E-state index contributed by atoms with van der Waals surface area (Å²) in [5.41, 5.74) is 0.508. The van der Waals surface area contributed by atoms with Crippen LogP contribution in [0.1, 0.15) is 26.7 Å². The molecule has 0 amide bonds. The summed E-state index contributed by atoms with van der Waals surface area (Å²) < 4.78 is 5.01. The van der Waals surface area contributed by atoms with Gasteiger partial charge >= 0.3 is 5.69 Å². The van der Waals surface area contributed by atoms with Gasteiger partial charge < -0.3 is 10.1 Å². The van der Waals surface area contributed by atoms with E-state index in [2.05, 4.69) is 12.2 Å². The molecular weight excluding hydrogens is 220 g/mol. The Kier molecular flexibility index (Phi) is 4.75. The molecule has 0 aliphatic carbocycles. The van der Waals surface area contributed by atoms with E-state index in [1.807, 2.05) is 6.92 Å². The summed E-state index contributed by atoms with van der Waals surface area (Å²) in [6, 6.07) is 5.23. The highest BCUT2D eigenvalue weighted by molar-refractivity contribution is 5.68. The maximum absolute atomic E-state index is 11.0. The maximum atomic E-state index is 11.0. The predicted molar refractivity (Wildman–Crippen MR) is 67.6 cm³/mol. The first-order chi connectivity index (χ1) is 8.10. The summed E-state index contributed by atoms with van der Waals surface area (Å²) in [5.74, 6) is 0.281. The van der Waals surface area contributed by atoms with Gasteiger partial charge in [0.1, 0.15) is 5.69 Å². The Balaban J connectivity index is 3.02. The predicted octanol–water partition coefficient (Wildman–Crippen LogP) is 3.20. The van der Waals surface area contributed by atoms with Gasteiger partial charge in [0.2, 0.25) is 0 Å². The number of methoxy groups -OCH3 is 1. The number of rotatable bonds is 6. The van der Waals surface area contributed by atoms with Crippen LogP contribution in [-0.2, 0) is 0 Å². The van der Waals surface area contributed by atoms with Gasteiger partial charge in [-0.3, -0.25) is 10.1 Å². The number of nitro groups is 1. The quantitative estimate of drug-likeness (QED) is 0.610. The average Bonchev–Trinajstić information content (AvgIpc) is 2.28. The minimum atomic E-state index is -0.417. The second-order valence-electron chi connectivity index (χ2n) is 3.95. The molecule has 1 N–H and O–H groups in total. The van der Waals surface area contributed by atoms with Crippen LogP contribution in [-0.4, -0.2) is 18.1 Å². The Morgan fingerprint density at radius 1 is 1.53 bits per heavy atom. The van der Waals surface area contributed by atoms with Crippen molar-refractivity contribution in [2.45, 2.75) is 32.7 Å². The molecule has 1 rings (SSSR count). The fourth-order valence-corrected chi connectivity index (χ4v) is 1.76. The second kappa shape index (κ2) is 6.08. The molecule has 0 aromatic heterocycles. The standard InChI is InChI=1S/C12H18N2O3/c1-4-6-9(2)13-10-7-5-8-11(17-3)12(10)14(15)16/h5,7-9,13H,4,6H2,1-3H3. The van der Waals surface area contributed by atoms with E-state index in [0.717, 1.165) is 12.8 Å². The molecule has 1 atom stereocenters. The van der Waals surface area contributed by atoms with Crippen LogP contribution in [0.15, 0.2) is 18.2 Å². The van der Waals surface area contributed by atoms with Gasteiger partial charge in [0.15, 0.2) is 5.75 Å². The first-order valence-corrected chi connectivity index (χ1v) is 5.68. The molecule has 0 bridgehead atoms. The average molecular weight is 238 g/mol. The number of benzene rings is 1. The zero-order valence-electron chi connectivity index (χ0n) is 10.4. The lowest BCUT2D eigenvalue weighted by atomic mass is 10.1. The van der Waals surface area contributed by atoms with E-state index < -0.39 is 4.92 Å². The highest BCUT2D eigenvalue weighted by Gasteiger charge is 2.21. The first kappa shape index (κ1) is 13.3. The summed E-state index contributed by atoms with van der Waals surface area (Å²) in [6.45, 7) is 4.09. The molecule has 0 fully saturated rings. The lowest BCUT2D eigenvalue weighted by Gasteiger charge is -2.15. The zero-order valence-corrected chi connectivity index (χ0v) is 10.4. The lowest BCUT2D eigenvalue weighted by molar-refractivity contribution is -0.384. The van der Waals surface area contributed by atoms with Gasteiger partial charge in [-0.2, -0.15) is 0 Å².